The summed E-state index contributed by atoms with van der Waals surface area (Å²) in [5, 5.41) is 8.98. The van der Waals surface area contributed by atoms with E-state index in [2.05, 4.69) is 13.8 Å². The molecule has 0 bridgehead atoms. The van der Waals surface area contributed by atoms with Crippen LogP contribution in [-0.2, 0) is 10.1 Å². The standard InChI is InChI=1S/C22H46O4S.K/c1-3-5-6-7-8-9-10-11-12-15-19-22(27(24,25)26)20-16-13-14-18-21(23)17-4-2;/h21-23H,3-20H2,1-2H3,(H,24,25,26);/q;+1/p-1. The minimum Gasteiger partial charge on any atom is -0.748 e. The fourth-order valence-electron chi connectivity index (χ4n) is 3.70. The Hall–Kier alpha value is 1.51. The van der Waals surface area contributed by atoms with Crippen molar-refractivity contribution in [2.75, 3.05) is 0 Å². The number of hydrogen-bond acceptors (Lipinski definition) is 4. The van der Waals surface area contributed by atoms with Gasteiger partial charge >= 0.3 is 51.4 Å². The van der Waals surface area contributed by atoms with Crippen LogP contribution < -0.4 is 51.4 Å². The van der Waals surface area contributed by atoms with Gasteiger partial charge in [0.15, 0.2) is 0 Å². The summed E-state index contributed by atoms with van der Waals surface area (Å²) in [4.78, 5) is 0. The Kier molecular flexibility index (Phi) is 24.6. The molecule has 2 unspecified atom stereocenters. The van der Waals surface area contributed by atoms with Crippen molar-refractivity contribution in [2.24, 2.45) is 0 Å². The van der Waals surface area contributed by atoms with E-state index in [0.29, 0.717) is 12.8 Å². The van der Waals surface area contributed by atoms with Gasteiger partial charge in [-0.3, -0.25) is 0 Å². The maximum atomic E-state index is 11.5. The van der Waals surface area contributed by atoms with E-state index >= 15 is 0 Å². The Morgan fingerprint density at radius 1 is 0.643 bits per heavy atom. The molecule has 0 fully saturated rings. The van der Waals surface area contributed by atoms with Gasteiger partial charge in [-0.05, 0) is 25.7 Å². The minimum atomic E-state index is -4.19. The first-order valence-electron chi connectivity index (χ1n) is 11.5. The number of hydrogen-bond donors (Lipinski definition) is 1. The second-order valence-electron chi connectivity index (χ2n) is 8.17. The Balaban J connectivity index is 0. The number of aliphatic hydroxyl groups is 1. The molecule has 2 atom stereocenters. The Bertz CT molecular complexity index is 415. The normalized spacial score (nSPS) is 13.9. The number of aliphatic hydroxyl groups excluding tert-OH is 1. The Labute approximate surface area is 218 Å². The number of rotatable bonds is 20. The zero-order chi connectivity index (χ0) is 20.4. The molecule has 164 valence electrons. The van der Waals surface area contributed by atoms with Crippen LogP contribution >= 0.6 is 0 Å². The van der Waals surface area contributed by atoms with Gasteiger partial charge in [0.25, 0.3) is 0 Å². The molecule has 0 aliphatic rings. The van der Waals surface area contributed by atoms with E-state index in [1.807, 2.05) is 0 Å². The summed E-state index contributed by atoms with van der Waals surface area (Å²) in [6.07, 6.45) is 18.0. The molecular weight excluding hydrogens is 399 g/mol. The molecule has 0 aromatic carbocycles. The molecule has 4 nitrogen and oxygen atoms in total. The van der Waals surface area contributed by atoms with Gasteiger partial charge in [0.05, 0.1) is 16.2 Å². The fourth-order valence-corrected chi connectivity index (χ4v) is 4.61. The van der Waals surface area contributed by atoms with Crippen molar-refractivity contribution < 1.29 is 69.5 Å². The first kappa shape index (κ1) is 31.7. The SMILES string of the molecule is CCCCCCCCCCCCC(CCCCCC(O)CCC)S(=O)(=O)[O-].[K+]. The summed E-state index contributed by atoms with van der Waals surface area (Å²) in [5.41, 5.74) is 0. The third-order valence-corrected chi connectivity index (χ3v) is 6.76. The maximum absolute atomic E-state index is 11.5. The van der Waals surface area contributed by atoms with Gasteiger partial charge in [-0.2, -0.15) is 0 Å². The van der Waals surface area contributed by atoms with Crippen molar-refractivity contribution in [3.8, 4) is 0 Å². The van der Waals surface area contributed by atoms with Gasteiger partial charge in [0, 0.05) is 5.25 Å². The van der Waals surface area contributed by atoms with Crippen molar-refractivity contribution in [2.45, 2.75) is 141 Å². The molecule has 0 rings (SSSR count). The average molecular weight is 445 g/mol. The van der Waals surface area contributed by atoms with Gasteiger partial charge in [0.2, 0.25) is 0 Å². The predicted octanol–water partition coefficient (Wildman–Crippen LogP) is 3.33. The molecule has 0 saturated carbocycles. The molecule has 0 radical (unpaired) electrons. The molecular formula is C22H45KO4S. The van der Waals surface area contributed by atoms with Crippen molar-refractivity contribution >= 4 is 10.1 Å². The molecule has 0 aromatic rings. The third-order valence-electron chi connectivity index (χ3n) is 5.47. The molecule has 0 aromatic heterocycles. The quantitative estimate of drug-likeness (QED) is 0.177. The van der Waals surface area contributed by atoms with E-state index in [9.17, 15) is 18.1 Å². The van der Waals surface area contributed by atoms with Crippen molar-refractivity contribution in [3.05, 3.63) is 0 Å². The van der Waals surface area contributed by atoms with Crippen LogP contribution in [0.2, 0.25) is 0 Å². The molecule has 0 aliphatic carbocycles. The van der Waals surface area contributed by atoms with Gasteiger partial charge in [0.1, 0.15) is 0 Å². The van der Waals surface area contributed by atoms with E-state index in [4.69, 9.17) is 0 Å². The molecule has 0 saturated heterocycles. The first-order chi connectivity index (χ1) is 12.9. The van der Waals surface area contributed by atoms with Crippen LogP contribution in [0.25, 0.3) is 0 Å². The maximum Gasteiger partial charge on any atom is 1.00 e. The zero-order valence-corrected chi connectivity index (χ0v) is 22.9. The van der Waals surface area contributed by atoms with Crippen LogP contribution in [0.3, 0.4) is 0 Å². The monoisotopic (exact) mass is 444 g/mol. The molecule has 0 heterocycles. The molecule has 28 heavy (non-hydrogen) atoms. The van der Waals surface area contributed by atoms with Crippen molar-refractivity contribution in [1.82, 2.24) is 0 Å². The van der Waals surface area contributed by atoms with Crippen LogP contribution in [0.4, 0.5) is 0 Å². The van der Waals surface area contributed by atoms with Gasteiger partial charge < -0.3 is 9.66 Å². The molecule has 0 amide bonds. The van der Waals surface area contributed by atoms with Crippen molar-refractivity contribution in [3.63, 3.8) is 0 Å². The van der Waals surface area contributed by atoms with E-state index in [1.165, 1.54) is 44.9 Å². The summed E-state index contributed by atoms with van der Waals surface area (Å²) in [6, 6.07) is 0. The smallest absolute Gasteiger partial charge is 0.748 e. The second kappa shape index (κ2) is 21.7. The topological polar surface area (TPSA) is 77.4 Å². The first-order valence-corrected chi connectivity index (χ1v) is 13.0. The summed E-state index contributed by atoms with van der Waals surface area (Å²) in [5.74, 6) is 0. The summed E-state index contributed by atoms with van der Waals surface area (Å²) < 4.78 is 34.5. The van der Waals surface area contributed by atoms with Crippen LogP contribution in [-0.4, -0.2) is 29.4 Å². The number of unbranched alkanes of at least 4 members (excludes halogenated alkanes) is 11. The molecule has 0 aliphatic heterocycles. The van der Waals surface area contributed by atoms with Gasteiger partial charge in [-0.15, -0.1) is 0 Å². The van der Waals surface area contributed by atoms with E-state index in [1.54, 1.807) is 0 Å². The zero-order valence-electron chi connectivity index (χ0n) is 19.0. The fraction of sp³-hybridized carbons (Fsp3) is 1.00. The van der Waals surface area contributed by atoms with E-state index in [0.717, 1.165) is 57.8 Å². The van der Waals surface area contributed by atoms with E-state index in [-0.39, 0.29) is 57.5 Å². The van der Waals surface area contributed by atoms with Crippen LogP contribution in [0.5, 0.6) is 0 Å². The molecule has 6 heteroatoms. The largest absolute Gasteiger partial charge is 1.00 e. The van der Waals surface area contributed by atoms with Crippen molar-refractivity contribution in [1.29, 1.82) is 0 Å². The Morgan fingerprint density at radius 3 is 1.46 bits per heavy atom. The second-order valence-corrected chi connectivity index (χ2v) is 9.82. The van der Waals surface area contributed by atoms with Crippen LogP contribution in [0.15, 0.2) is 0 Å². The molecule has 1 N–H and O–H groups in total. The summed E-state index contributed by atoms with van der Waals surface area (Å²) >= 11 is 0. The Morgan fingerprint density at radius 2 is 1.04 bits per heavy atom. The van der Waals surface area contributed by atoms with Gasteiger partial charge in [-0.1, -0.05) is 104 Å². The predicted molar refractivity (Wildman–Crippen MR) is 114 cm³/mol. The summed E-state index contributed by atoms with van der Waals surface area (Å²) in [6.45, 7) is 4.29. The van der Waals surface area contributed by atoms with Crippen LogP contribution in [0.1, 0.15) is 129 Å². The molecule has 0 spiro atoms. The third kappa shape index (κ3) is 20.8. The summed E-state index contributed by atoms with van der Waals surface area (Å²) in [7, 11) is -4.19. The minimum absolute atomic E-state index is 0. The van der Waals surface area contributed by atoms with E-state index < -0.39 is 15.4 Å². The van der Waals surface area contributed by atoms with Gasteiger partial charge in [-0.25, -0.2) is 8.42 Å². The average Bonchev–Trinajstić information content (AvgIpc) is 2.60. The van der Waals surface area contributed by atoms with Crippen LogP contribution in [0, 0.1) is 0 Å².